The minimum atomic E-state index is -0.231. The van der Waals surface area contributed by atoms with Crippen LogP contribution in [0.25, 0.3) is 104 Å². The minimum Gasteiger partial charge on any atom is -0.488 e. The van der Waals surface area contributed by atoms with E-state index in [1.165, 1.54) is 38.2 Å². The van der Waals surface area contributed by atoms with Gasteiger partial charge in [-0.15, -0.1) is 0 Å². The lowest BCUT2D eigenvalue weighted by Gasteiger charge is -2.36. The first-order chi connectivity index (χ1) is 35.5. The van der Waals surface area contributed by atoms with E-state index in [1.807, 2.05) is 0 Å². The fourth-order valence-corrected chi connectivity index (χ4v) is 13.2. The third kappa shape index (κ3) is 5.91. The molecule has 15 rings (SSSR count). The average molecular weight is 931 g/mol. The van der Waals surface area contributed by atoms with Crippen LogP contribution < -0.4 is 4.74 Å². The third-order valence-corrected chi connectivity index (χ3v) is 16.8. The number of aliphatic imine (C=N–C) groups is 1. The number of rotatable bonds is 5. The van der Waals surface area contributed by atoms with E-state index < -0.39 is 0 Å². The van der Waals surface area contributed by atoms with Crippen LogP contribution in [-0.4, -0.2) is 10.3 Å². The Bertz CT molecular complexity index is 4410. The summed E-state index contributed by atoms with van der Waals surface area (Å²) in [6.07, 6.45) is 0.856. The van der Waals surface area contributed by atoms with Crippen molar-refractivity contribution in [2.75, 3.05) is 0 Å². The summed E-state index contributed by atoms with van der Waals surface area (Å²) in [4.78, 5) is 6.20. The van der Waals surface area contributed by atoms with Crippen LogP contribution in [0.15, 0.2) is 208 Å². The van der Waals surface area contributed by atoms with Crippen molar-refractivity contribution < 1.29 is 13.6 Å². The molecule has 0 radical (unpaired) electrons. The summed E-state index contributed by atoms with van der Waals surface area (Å²) in [5.41, 5.74) is 15.0. The summed E-state index contributed by atoms with van der Waals surface area (Å²) >= 11 is 0. The number of hydrogen-bond donors (Lipinski definition) is 0. The smallest absolute Gasteiger partial charge is 0.146 e. The van der Waals surface area contributed by atoms with Crippen molar-refractivity contribution >= 4 is 92.9 Å². The summed E-state index contributed by atoms with van der Waals surface area (Å²) in [6, 6.07) is 70.4. The summed E-state index contributed by atoms with van der Waals surface area (Å²) < 4.78 is 23.8. The van der Waals surface area contributed by atoms with Gasteiger partial charge in [0.2, 0.25) is 0 Å². The van der Waals surface area contributed by atoms with Gasteiger partial charge in [-0.1, -0.05) is 172 Å². The second kappa shape index (κ2) is 15.8. The zero-order valence-corrected chi connectivity index (χ0v) is 40.4. The van der Waals surface area contributed by atoms with Crippen LogP contribution >= 0.6 is 0 Å². The zero-order chi connectivity index (χ0) is 47.8. The molecule has 0 aliphatic carbocycles. The second-order valence-corrected chi connectivity index (χ2v) is 20.4. The summed E-state index contributed by atoms with van der Waals surface area (Å²) in [5, 5.41) is 11.5. The van der Waals surface area contributed by atoms with Crippen LogP contribution in [0.1, 0.15) is 61.4 Å². The number of para-hydroxylation sites is 4. The molecule has 0 fully saturated rings. The van der Waals surface area contributed by atoms with Gasteiger partial charge in [0.1, 0.15) is 34.7 Å². The van der Waals surface area contributed by atoms with Gasteiger partial charge in [0.15, 0.2) is 0 Å². The van der Waals surface area contributed by atoms with Crippen LogP contribution in [0.4, 0.5) is 0 Å². The number of furan rings is 2. The SMILES string of the molecule is CCC1C(c2ccc(-n3c4ccccc4c4cc5ccccc5cc43)c3c2oc2c4ccccc4ccc23)=NC(c2cccc3c2oc2ccccc23)[C@H](C)C(C)C1c1cccc2c1OCc1ccccc1-2. The monoisotopic (exact) mass is 930 g/mol. The van der Waals surface area contributed by atoms with E-state index in [1.54, 1.807) is 0 Å². The molecule has 2 aliphatic heterocycles. The average Bonchev–Trinajstić information content (AvgIpc) is 4.10. The van der Waals surface area contributed by atoms with Crippen LogP contribution in [0, 0.1) is 17.8 Å². The first-order valence-corrected chi connectivity index (χ1v) is 25.6. The maximum atomic E-state index is 7.55. The number of aromatic nitrogens is 1. The van der Waals surface area contributed by atoms with Gasteiger partial charge < -0.3 is 18.1 Å². The molecule has 0 saturated carbocycles. The highest BCUT2D eigenvalue weighted by Crippen LogP contribution is 2.54. The van der Waals surface area contributed by atoms with Crippen LogP contribution in [0.2, 0.25) is 0 Å². The molecule has 0 saturated heterocycles. The Kier molecular flexibility index (Phi) is 9.08. The Balaban J connectivity index is 1.04. The summed E-state index contributed by atoms with van der Waals surface area (Å²) in [6.45, 7) is 7.75. The molecule has 0 N–H and O–H groups in total. The quantitative estimate of drug-likeness (QED) is 0.173. The van der Waals surface area contributed by atoms with E-state index in [4.69, 9.17) is 18.6 Å². The van der Waals surface area contributed by atoms with Crippen molar-refractivity contribution in [2.45, 2.75) is 45.8 Å². The van der Waals surface area contributed by atoms with Gasteiger partial charge in [-0.05, 0) is 99.5 Å². The molecule has 13 aromatic rings. The van der Waals surface area contributed by atoms with E-state index >= 15 is 0 Å². The van der Waals surface area contributed by atoms with Gasteiger partial charge in [0.05, 0.1) is 33.9 Å². The van der Waals surface area contributed by atoms with Gasteiger partial charge >= 0.3 is 0 Å². The highest BCUT2D eigenvalue weighted by molar-refractivity contribution is 6.24. The van der Waals surface area contributed by atoms with Gasteiger partial charge in [0.25, 0.3) is 0 Å². The molecular weight excluding hydrogens is 881 g/mol. The van der Waals surface area contributed by atoms with Gasteiger partial charge in [-0.3, -0.25) is 4.99 Å². The predicted octanol–water partition coefficient (Wildman–Crippen LogP) is 18.1. The van der Waals surface area contributed by atoms with E-state index in [9.17, 15) is 0 Å². The van der Waals surface area contributed by atoms with E-state index in [2.05, 4.69) is 219 Å². The molecule has 10 aromatic carbocycles. The van der Waals surface area contributed by atoms with Crippen molar-refractivity contribution in [3.63, 3.8) is 0 Å². The largest absolute Gasteiger partial charge is 0.488 e. The van der Waals surface area contributed by atoms with Crippen molar-refractivity contribution in [2.24, 2.45) is 22.7 Å². The fraction of sp³-hybridized carbons (Fsp3) is 0.149. The number of benzene rings is 10. The van der Waals surface area contributed by atoms with Crippen LogP contribution in [0.5, 0.6) is 5.75 Å². The molecule has 0 amide bonds. The molecule has 5 heteroatoms. The van der Waals surface area contributed by atoms with Crippen molar-refractivity contribution in [3.8, 4) is 22.6 Å². The minimum absolute atomic E-state index is 0.00629. The Hall–Kier alpha value is -8.41. The van der Waals surface area contributed by atoms with E-state index in [0.29, 0.717) is 6.61 Å². The normalized spacial score (nSPS) is 19.1. The summed E-state index contributed by atoms with van der Waals surface area (Å²) in [7, 11) is 0. The molecule has 0 spiro atoms. The van der Waals surface area contributed by atoms with E-state index in [0.717, 1.165) is 106 Å². The standard InChI is InChI=1S/C67H50N2O3/c1-4-44-60(51-27-15-25-49-45-21-9-8-20-43(45)37-70-64(49)51)38(2)39(3)62(53-28-16-26-50-48-24-12-14-30-59(48)71-66(50)53)68-63(44)54-33-34-57(61-52-32-31-40-17-7-10-22-46(40)65(52)72-67(54)61)69-56-29-13-11-23-47(56)55-35-41-18-5-6-19-42(41)36-58(55)69/h5-36,38-39,44,60,62H,4,37H2,1-3H3/t38?,39-,44?,60?,62?/m1/s1. The third-order valence-electron chi connectivity index (χ3n) is 16.8. The Morgan fingerprint density at radius 2 is 1.21 bits per heavy atom. The molecule has 2 aliphatic rings. The number of hydrogen-bond acceptors (Lipinski definition) is 4. The molecular formula is C67H50N2O3. The number of fused-ring (bicyclic) bond motifs is 15. The first kappa shape index (κ1) is 41.4. The lowest BCUT2D eigenvalue weighted by atomic mass is 9.68. The Morgan fingerprint density at radius 1 is 0.500 bits per heavy atom. The maximum absolute atomic E-state index is 7.55. The molecule has 0 bridgehead atoms. The van der Waals surface area contributed by atoms with Crippen molar-refractivity contribution in [1.29, 1.82) is 0 Å². The maximum Gasteiger partial charge on any atom is 0.146 e. The molecule has 5 heterocycles. The molecule has 3 aromatic heterocycles. The predicted molar refractivity (Wildman–Crippen MR) is 297 cm³/mol. The Labute approximate surface area is 416 Å². The van der Waals surface area contributed by atoms with Crippen molar-refractivity contribution in [1.82, 2.24) is 4.57 Å². The van der Waals surface area contributed by atoms with Gasteiger partial charge in [-0.25, -0.2) is 0 Å². The molecule has 346 valence electrons. The number of ether oxygens (including phenoxy) is 1. The zero-order valence-electron chi connectivity index (χ0n) is 40.4. The highest BCUT2D eigenvalue weighted by Gasteiger charge is 2.44. The lowest BCUT2D eigenvalue weighted by Crippen LogP contribution is -2.29. The van der Waals surface area contributed by atoms with Crippen LogP contribution in [-0.2, 0) is 6.61 Å². The summed E-state index contributed by atoms with van der Waals surface area (Å²) in [5.74, 6) is 1.32. The van der Waals surface area contributed by atoms with E-state index in [-0.39, 0.29) is 29.7 Å². The van der Waals surface area contributed by atoms with Crippen LogP contribution in [0.3, 0.4) is 0 Å². The first-order valence-electron chi connectivity index (χ1n) is 25.6. The second-order valence-electron chi connectivity index (χ2n) is 20.4. The molecule has 5 atom stereocenters. The highest BCUT2D eigenvalue weighted by atomic mass is 16.5. The molecule has 5 nitrogen and oxygen atoms in total. The fourth-order valence-electron chi connectivity index (χ4n) is 13.2. The Morgan fingerprint density at radius 3 is 2.08 bits per heavy atom. The topological polar surface area (TPSA) is 52.8 Å². The molecule has 4 unspecified atom stereocenters. The van der Waals surface area contributed by atoms with Gasteiger partial charge in [-0.2, -0.15) is 0 Å². The lowest BCUT2D eigenvalue weighted by molar-refractivity contribution is 0.251. The molecule has 72 heavy (non-hydrogen) atoms. The van der Waals surface area contributed by atoms with Gasteiger partial charge in [0, 0.05) is 54.9 Å². The number of nitrogens with zero attached hydrogens (tertiary/aromatic N) is 2. The van der Waals surface area contributed by atoms with Crippen molar-refractivity contribution in [3.05, 3.63) is 216 Å².